The molecule has 1 saturated heterocycles. The Kier molecular flexibility index (Phi) is 9.70. The summed E-state index contributed by atoms with van der Waals surface area (Å²) < 4.78 is 0. The summed E-state index contributed by atoms with van der Waals surface area (Å²) in [6.45, 7) is 0.364. The van der Waals surface area contributed by atoms with Gasteiger partial charge in [-0.05, 0) is 48.1 Å². The van der Waals surface area contributed by atoms with Crippen molar-refractivity contribution in [3.8, 4) is 5.75 Å². The molecule has 1 aliphatic rings. The number of hydrogen-bond acceptors (Lipinski definition) is 6. The minimum absolute atomic E-state index is 0.115. The van der Waals surface area contributed by atoms with Gasteiger partial charge in [-0.2, -0.15) is 0 Å². The van der Waals surface area contributed by atoms with Crippen molar-refractivity contribution in [3.05, 3.63) is 102 Å². The number of amides is 4. The first-order valence-electron chi connectivity index (χ1n) is 13.6. The average Bonchev–Trinajstić information content (AvgIpc) is 3.47. The molecule has 3 aromatic carbocycles. The van der Waals surface area contributed by atoms with Crippen LogP contribution < -0.4 is 22.1 Å². The van der Waals surface area contributed by atoms with Crippen molar-refractivity contribution in [1.29, 1.82) is 0 Å². The number of nitrogens with two attached hydrogens (primary N) is 2. The summed E-state index contributed by atoms with van der Waals surface area (Å²) in [5.74, 6) is -2.03. The molecule has 0 saturated carbocycles. The van der Waals surface area contributed by atoms with Crippen LogP contribution in [0.1, 0.15) is 35.6 Å². The third kappa shape index (κ3) is 7.70. The first kappa shape index (κ1) is 29.3. The first-order chi connectivity index (χ1) is 19.7. The zero-order chi connectivity index (χ0) is 29.4. The first-order valence-corrected chi connectivity index (χ1v) is 13.6. The maximum absolute atomic E-state index is 13.5. The number of aromatic hydroxyl groups is 1. The molecular formula is C31H35N5O5. The van der Waals surface area contributed by atoms with Crippen molar-refractivity contribution in [2.24, 2.45) is 11.5 Å². The standard InChI is InChI=1S/C31H35N5O5/c32-24(18-21-13-15-23(37)16-14-21)31(41)36-17-7-12-26(36)29(39)35-27(22-10-5-2-6-11-22)30(40)34-25(28(33)38)19-20-8-3-1-4-9-20/h1-6,8-11,13-16,24-27,37H,7,12,17-19,32H2,(H2,33,38)(H,34,40)(H,35,39)/t24-,25-,26-,27-/m0/s1. The zero-order valence-electron chi connectivity index (χ0n) is 22.6. The molecule has 7 N–H and O–H groups in total. The SMILES string of the molecule is NC(=O)[C@H](Cc1ccccc1)NC(=O)[C@@H](NC(=O)[C@@H]1CCCN1C(=O)[C@@H](N)Cc1ccc(O)cc1)c1ccccc1. The number of nitrogens with one attached hydrogen (secondary N) is 2. The fourth-order valence-corrected chi connectivity index (χ4v) is 5.00. The molecule has 10 heteroatoms. The van der Waals surface area contributed by atoms with Crippen LogP contribution in [0.25, 0.3) is 0 Å². The molecule has 4 atom stereocenters. The number of benzene rings is 3. The topological polar surface area (TPSA) is 168 Å². The summed E-state index contributed by atoms with van der Waals surface area (Å²) in [4.78, 5) is 54.0. The van der Waals surface area contributed by atoms with E-state index >= 15 is 0 Å². The molecule has 10 nitrogen and oxygen atoms in total. The summed E-state index contributed by atoms with van der Waals surface area (Å²) in [6, 6.07) is 20.5. The monoisotopic (exact) mass is 557 g/mol. The number of carbonyl (C=O) groups is 4. The molecule has 0 unspecified atom stereocenters. The van der Waals surface area contributed by atoms with Gasteiger partial charge in [-0.15, -0.1) is 0 Å². The van der Waals surface area contributed by atoms with E-state index in [0.717, 1.165) is 11.1 Å². The lowest BCUT2D eigenvalue weighted by atomic mass is 10.0. The molecule has 0 aromatic heterocycles. The highest BCUT2D eigenvalue weighted by molar-refractivity contribution is 5.95. The highest BCUT2D eigenvalue weighted by Gasteiger charge is 2.38. The van der Waals surface area contributed by atoms with E-state index in [0.29, 0.717) is 24.9 Å². The second-order valence-electron chi connectivity index (χ2n) is 10.2. The van der Waals surface area contributed by atoms with E-state index in [9.17, 15) is 24.3 Å². The van der Waals surface area contributed by atoms with Crippen LogP contribution in [-0.2, 0) is 32.0 Å². The number of nitrogens with zero attached hydrogens (tertiary/aromatic N) is 1. The Morgan fingerprint density at radius 1 is 0.854 bits per heavy atom. The quantitative estimate of drug-likeness (QED) is 0.238. The number of rotatable bonds is 11. The van der Waals surface area contributed by atoms with E-state index in [1.165, 1.54) is 17.0 Å². The minimum atomic E-state index is -1.12. The smallest absolute Gasteiger partial charge is 0.247 e. The lowest BCUT2D eigenvalue weighted by Gasteiger charge is -2.29. The number of likely N-dealkylation sites (tertiary alicyclic amines) is 1. The Balaban J connectivity index is 1.47. The van der Waals surface area contributed by atoms with Crippen LogP contribution in [0.3, 0.4) is 0 Å². The van der Waals surface area contributed by atoms with Crippen molar-refractivity contribution in [2.45, 2.75) is 49.9 Å². The van der Waals surface area contributed by atoms with Crippen LogP contribution in [-0.4, -0.2) is 58.3 Å². The summed E-state index contributed by atoms with van der Waals surface area (Å²) in [6.07, 6.45) is 1.47. The van der Waals surface area contributed by atoms with Gasteiger partial charge in [0.1, 0.15) is 23.9 Å². The molecule has 41 heavy (non-hydrogen) atoms. The molecular weight excluding hydrogens is 522 g/mol. The molecule has 0 radical (unpaired) electrons. The van der Waals surface area contributed by atoms with Gasteiger partial charge < -0.3 is 32.1 Å². The van der Waals surface area contributed by atoms with Crippen LogP contribution >= 0.6 is 0 Å². The number of phenols is 1. The van der Waals surface area contributed by atoms with Crippen LogP contribution in [0.5, 0.6) is 5.75 Å². The van der Waals surface area contributed by atoms with E-state index in [1.54, 1.807) is 42.5 Å². The van der Waals surface area contributed by atoms with Crippen LogP contribution in [0.15, 0.2) is 84.9 Å². The molecule has 1 fully saturated rings. The average molecular weight is 558 g/mol. The van der Waals surface area contributed by atoms with Gasteiger partial charge in [-0.3, -0.25) is 19.2 Å². The highest BCUT2D eigenvalue weighted by Crippen LogP contribution is 2.22. The second kappa shape index (κ2) is 13.6. The van der Waals surface area contributed by atoms with E-state index < -0.39 is 41.9 Å². The van der Waals surface area contributed by atoms with E-state index in [4.69, 9.17) is 11.5 Å². The Labute approximate surface area is 238 Å². The van der Waals surface area contributed by atoms with Crippen molar-refractivity contribution in [2.75, 3.05) is 6.54 Å². The number of carbonyl (C=O) groups excluding carboxylic acids is 4. The van der Waals surface area contributed by atoms with Crippen molar-refractivity contribution in [3.63, 3.8) is 0 Å². The maximum atomic E-state index is 13.5. The third-order valence-electron chi connectivity index (χ3n) is 7.17. The number of primary amides is 1. The van der Waals surface area contributed by atoms with Crippen LogP contribution in [0, 0.1) is 0 Å². The fourth-order valence-electron chi connectivity index (χ4n) is 5.00. The lowest BCUT2D eigenvalue weighted by Crippen LogP contribution is -2.54. The number of hydrogen-bond donors (Lipinski definition) is 5. The highest BCUT2D eigenvalue weighted by atomic mass is 16.3. The molecule has 1 heterocycles. The van der Waals surface area contributed by atoms with Gasteiger partial charge >= 0.3 is 0 Å². The van der Waals surface area contributed by atoms with E-state index in [-0.39, 0.29) is 24.5 Å². The summed E-state index contributed by atoms with van der Waals surface area (Å²) in [7, 11) is 0. The summed E-state index contributed by atoms with van der Waals surface area (Å²) in [5.41, 5.74) is 13.9. The van der Waals surface area contributed by atoms with E-state index in [2.05, 4.69) is 10.6 Å². The maximum Gasteiger partial charge on any atom is 0.247 e. The van der Waals surface area contributed by atoms with Crippen LogP contribution in [0.2, 0.25) is 0 Å². The number of phenolic OH excluding ortho intramolecular Hbond substituents is 1. The van der Waals surface area contributed by atoms with Crippen LogP contribution in [0.4, 0.5) is 0 Å². The molecule has 3 aromatic rings. The molecule has 214 valence electrons. The molecule has 1 aliphatic heterocycles. The van der Waals surface area contributed by atoms with Gasteiger partial charge in [0.15, 0.2) is 0 Å². The fraction of sp³-hybridized carbons (Fsp3) is 0.290. The van der Waals surface area contributed by atoms with Gasteiger partial charge in [-0.25, -0.2) is 0 Å². The molecule has 0 spiro atoms. The van der Waals surface area contributed by atoms with Gasteiger partial charge in [0, 0.05) is 13.0 Å². The molecule has 0 bridgehead atoms. The molecule has 4 amide bonds. The van der Waals surface area contributed by atoms with Gasteiger partial charge in [0.2, 0.25) is 23.6 Å². The van der Waals surface area contributed by atoms with Gasteiger partial charge in [-0.1, -0.05) is 72.8 Å². The van der Waals surface area contributed by atoms with Crippen molar-refractivity contribution >= 4 is 23.6 Å². The van der Waals surface area contributed by atoms with Gasteiger partial charge in [0.05, 0.1) is 6.04 Å². The normalized spacial score (nSPS) is 16.8. The molecule has 0 aliphatic carbocycles. The predicted octanol–water partition coefficient (Wildman–Crippen LogP) is 1.32. The zero-order valence-corrected chi connectivity index (χ0v) is 22.6. The predicted molar refractivity (Wildman–Crippen MR) is 153 cm³/mol. The second-order valence-corrected chi connectivity index (χ2v) is 10.2. The Hall–Kier alpha value is -4.70. The lowest BCUT2D eigenvalue weighted by molar-refractivity contribution is -0.140. The summed E-state index contributed by atoms with van der Waals surface area (Å²) in [5, 5.41) is 15.0. The van der Waals surface area contributed by atoms with Crippen molar-refractivity contribution < 1.29 is 24.3 Å². The summed E-state index contributed by atoms with van der Waals surface area (Å²) >= 11 is 0. The Bertz CT molecular complexity index is 1350. The minimum Gasteiger partial charge on any atom is -0.508 e. The largest absolute Gasteiger partial charge is 0.508 e. The Morgan fingerprint density at radius 3 is 2.10 bits per heavy atom. The van der Waals surface area contributed by atoms with Gasteiger partial charge in [0.25, 0.3) is 0 Å². The van der Waals surface area contributed by atoms with E-state index in [1.807, 2.05) is 30.3 Å². The third-order valence-corrected chi connectivity index (χ3v) is 7.17. The van der Waals surface area contributed by atoms with Crippen molar-refractivity contribution in [1.82, 2.24) is 15.5 Å². The molecule has 4 rings (SSSR count). The Morgan fingerprint density at radius 2 is 1.46 bits per heavy atom.